The molecule has 2 rings (SSSR count). The molecule has 4 nitrogen and oxygen atoms in total. The first-order chi connectivity index (χ1) is 12.6. The van der Waals surface area contributed by atoms with Crippen molar-refractivity contribution in [1.82, 2.24) is 10.2 Å². The number of halogens is 1. The van der Waals surface area contributed by atoms with Crippen molar-refractivity contribution < 1.29 is 9.47 Å². The van der Waals surface area contributed by atoms with E-state index in [1.54, 1.807) is 0 Å². The van der Waals surface area contributed by atoms with Gasteiger partial charge in [0.15, 0.2) is 11.5 Å². The summed E-state index contributed by atoms with van der Waals surface area (Å²) < 4.78 is 11.7. The Hall–Kier alpha value is -1.75. The van der Waals surface area contributed by atoms with Gasteiger partial charge in [-0.25, -0.2) is 0 Å². The predicted molar refractivity (Wildman–Crippen MR) is 108 cm³/mol. The van der Waals surface area contributed by atoms with Crippen LogP contribution in [0.5, 0.6) is 11.5 Å². The Morgan fingerprint density at radius 3 is 2.50 bits per heavy atom. The van der Waals surface area contributed by atoms with Gasteiger partial charge in [0.05, 0.1) is 11.6 Å². The van der Waals surface area contributed by atoms with Crippen LogP contribution in [0.15, 0.2) is 42.5 Å². The molecule has 0 radical (unpaired) electrons. The Morgan fingerprint density at radius 2 is 1.81 bits per heavy atom. The Labute approximate surface area is 162 Å². The van der Waals surface area contributed by atoms with Crippen molar-refractivity contribution in [2.24, 2.45) is 0 Å². The van der Waals surface area contributed by atoms with E-state index >= 15 is 0 Å². The third kappa shape index (κ3) is 6.87. The Morgan fingerprint density at radius 1 is 1.04 bits per heavy atom. The summed E-state index contributed by atoms with van der Waals surface area (Å²) in [6.45, 7) is 5.78. The van der Waals surface area contributed by atoms with Gasteiger partial charge in [-0.05, 0) is 63.8 Å². The maximum Gasteiger partial charge on any atom is 0.180 e. The quantitative estimate of drug-likeness (QED) is 0.591. The summed E-state index contributed by atoms with van der Waals surface area (Å²) in [6, 6.07) is 14.0. The summed E-state index contributed by atoms with van der Waals surface area (Å²) in [5, 5.41) is 4.03. The topological polar surface area (TPSA) is 33.7 Å². The first kappa shape index (κ1) is 20.6. The molecule has 26 heavy (non-hydrogen) atoms. The van der Waals surface area contributed by atoms with Crippen LogP contribution in [0.1, 0.15) is 24.5 Å². The molecule has 0 saturated carbocycles. The molecule has 0 fully saturated rings. The number of rotatable bonds is 11. The van der Waals surface area contributed by atoms with Crippen molar-refractivity contribution in [2.75, 3.05) is 33.8 Å². The van der Waals surface area contributed by atoms with E-state index < -0.39 is 0 Å². The Kier molecular flexibility index (Phi) is 8.75. The van der Waals surface area contributed by atoms with Gasteiger partial charge in [0.25, 0.3) is 0 Å². The van der Waals surface area contributed by atoms with Crippen LogP contribution >= 0.6 is 11.6 Å². The molecule has 0 heterocycles. The summed E-state index contributed by atoms with van der Waals surface area (Å²) in [6.07, 6.45) is 1.11. The van der Waals surface area contributed by atoms with Crippen molar-refractivity contribution in [3.05, 3.63) is 58.6 Å². The average Bonchev–Trinajstić information content (AvgIpc) is 2.61. The fourth-order valence-corrected chi connectivity index (χ4v) is 2.90. The third-order valence-corrected chi connectivity index (χ3v) is 4.16. The molecule has 0 bridgehead atoms. The van der Waals surface area contributed by atoms with Crippen molar-refractivity contribution in [2.45, 2.75) is 26.5 Å². The van der Waals surface area contributed by atoms with Crippen LogP contribution in [-0.4, -0.2) is 38.7 Å². The van der Waals surface area contributed by atoms with Crippen LogP contribution in [0.2, 0.25) is 5.02 Å². The summed E-state index contributed by atoms with van der Waals surface area (Å²) in [5.74, 6) is 1.30. The van der Waals surface area contributed by atoms with E-state index in [-0.39, 0.29) is 0 Å². The standard InChI is InChI=1S/C21H29ClN2O2/c1-4-25-20-14-18(15-23-11-8-12-24(2)3)13-19(22)21(20)26-16-17-9-6-5-7-10-17/h5-7,9-10,13-14,23H,4,8,11-12,15-16H2,1-3H3. The molecule has 0 aliphatic rings. The van der Waals surface area contributed by atoms with Gasteiger partial charge in [0.2, 0.25) is 0 Å². The summed E-state index contributed by atoms with van der Waals surface area (Å²) in [4.78, 5) is 2.19. The van der Waals surface area contributed by atoms with E-state index in [0.29, 0.717) is 29.7 Å². The first-order valence-corrected chi connectivity index (χ1v) is 9.45. The maximum atomic E-state index is 6.48. The number of hydrogen-bond acceptors (Lipinski definition) is 4. The van der Waals surface area contributed by atoms with Gasteiger partial charge in [-0.15, -0.1) is 0 Å². The second-order valence-corrected chi connectivity index (χ2v) is 6.85. The molecule has 0 atom stereocenters. The predicted octanol–water partition coefficient (Wildman–Crippen LogP) is 4.36. The zero-order chi connectivity index (χ0) is 18.8. The number of nitrogens with zero attached hydrogens (tertiary/aromatic N) is 1. The van der Waals surface area contributed by atoms with Gasteiger partial charge >= 0.3 is 0 Å². The lowest BCUT2D eigenvalue weighted by Crippen LogP contribution is -2.21. The zero-order valence-electron chi connectivity index (χ0n) is 15.9. The van der Waals surface area contributed by atoms with Crippen LogP contribution in [0.4, 0.5) is 0 Å². The molecule has 2 aromatic carbocycles. The van der Waals surface area contributed by atoms with Crippen molar-refractivity contribution in [1.29, 1.82) is 0 Å². The van der Waals surface area contributed by atoms with Gasteiger partial charge in [-0.1, -0.05) is 41.9 Å². The number of ether oxygens (including phenoxy) is 2. The molecule has 142 valence electrons. The second-order valence-electron chi connectivity index (χ2n) is 6.45. The molecule has 2 aromatic rings. The van der Waals surface area contributed by atoms with E-state index in [2.05, 4.69) is 24.3 Å². The van der Waals surface area contributed by atoms with Crippen LogP contribution in [0, 0.1) is 0 Å². The highest BCUT2D eigenvalue weighted by molar-refractivity contribution is 6.32. The SMILES string of the molecule is CCOc1cc(CNCCCN(C)C)cc(Cl)c1OCc1ccccc1. The monoisotopic (exact) mass is 376 g/mol. The van der Waals surface area contributed by atoms with E-state index in [9.17, 15) is 0 Å². The largest absolute Gasteiger partial charge is 0.490 e. The molecule has 0 aliphatic carbocycles. The lowest BCUT2D eigenvalue weighted by atomic mass is 10.2. The highest BCUT2D eigenvalue weighted by Gasteiger charge is 2.13. The molecule has 0 amide bonds. The zero-order valence-corrected chi connectivity index (χ0v) is 16.7. The van der Waals surface area contributed by atoms with Gasteiger partial charge < -0.3 is 19.7 Å². The van der Waals surface area contributed by atoms with Crippen LogP contribution in [0.25, 0.3) is 0 Å². The van der Waals surface area contributed by atoms with Crippen molar-refractivity contribution in [3.63, 3.8) is 0 Å². The minimum absolute atomic E-state index is 0.461. The maximum absolute atomic E-state index is 6.48. The molecule has 0 spiro atoms. The smallest absolute Gasteiger partial charge is 0.180 e. The molecule has 5 heteroatoms. The fraction of sp³-hybridized carbons (Fsp3) is 0.429. The molecular weight excluding hydrogens is 348 g/mol. The highest BCUT2D eigenvalue weighted by atomic mass is 35.5. The van der Waals surface area contributed by atoms with E-state index in [1.807, 2.05) is 49.4 Å². The normalized spacial score (nSPS) is 11.0. The molecule has 0 saturated heterocycles. The first-order valence-electron chi connectivity index (χ1n) is 9.07. The number of nitrogens with one attached hydrogen (secondary N) is 1. The van der Waals surface area contributed by atoms with Gasteiger partial charge in [0.1, 0.15) is 6.61 Å². The third-order valence-electron chi connectivity index (χ3n) is 3.88. The molecule has 0 aliphatic heterocycles. The van der Waals surface area contributed by atoms with Crippen molar-refractivity contribution in [3.8, 4) is 11.5 Å². The van der Waals surface area contributed by atoms with Gasteiger partial charge in [-0.3, -0.25) is 0 Å². The molecule has 0 unspecified atom stereocenters. The van der Waals surface area contributed by atoms with Crippen LogP contribution < -0.4 is 14.8 Å². The fourth-order valence-electron chi connectivity index (χ4n) is 2.61. The van der Waals surface area contributed by atoms with E-state index in [0.717, 1.165) is 37.2 Å². The summed E-state index contributed by atoms with van der Waals surface area (Å²) in [5.41, 5.74) is 2.19. The minimum atomic E-state index is 0.461. The van der Waals surface area contributed by atoms with Gasteiger partial charge in [-0.2, -0.15) is 0 Å². The second kappa shape index (κ2) is 11.1. The average molecular weight is 377 g/mol. The molecular formula is C21H29ClN2O2. The van der Waals surface area contributed by atoms with Gasteiger partial charge in [0, 0.05) is 6.54 Å². The minimum Gasteiger partial charge on any atom is -0.490 e. The van der Waals surface area contributed by atoms with Crippen LogP contribution in [-0.2, 0) is 13.2 Å². The van der Waals surface area contributed by atoms with Crippen LogP contribution in [0.3, 0.4) is 0 Å². The number of hydrogen-bond donors (Lipinski definition) is 1. The summed E-state index contributed by atoms with van der Waals surface area (Å²) in [7, 11) is 4.17. The van der Waals surface area contributed by atoms with Crippen molar-refractivity contribution >= 4 is 11.6 Å². The summed E-state index contributed by atoms with van der Waals surface area (Å²) >= 11 is 6.48. The lowest BCUT2D eigenvalue weighted by Gasteiger charge is -2.16. The molecule has 0 aromatic heterocycles. The molecule has 1 N–H and O–H groups in total. The number of benzene rings is 2. The Balaban J connectivity index is 1.99. The van der Waals surface area contributed by atoms with E-state index in [4.69, 9.17) is 21.1 Å². The lowest BCUT2D eigenvalue weighted by molar-refractivity contribution is 0.269. The van der Waals surface area contributed by atoms with E-state index in [1.165, 1.54) is 0 Å². The Bertz CT molecular complexity index is 663. The highest BCUT2D eigenvalue weighted by Crippen LogP contribution is 2.37.